The lowest BCUT2D eigenvalue weighted by Crippen LogP contribution is -2.42. The van der Waals surface area contributed by atoms with Gasteiger partial charge in [-0.25, -0.2) is 9.18 Å². The molecule has 5 nitrogen and oxygen atoms in total. The molecular weight excluding hydrogens is 321 g/mol. The van der Waals surface area contributed by atoms with Crippen LogP contribution in [-0.2, 0) is 14.3 Å². The zero-order valence-electron chi connectivity index (χ0n) is 10.1. The van der Waals surface area contributed by atoms with Gasteiger partial charge in [0.05, 0.1) is 6.61 Å². The number of halogens is 2. The van der Waals surface area contributed by atoms with Crippen LogP contribution >= 0.6 is 15.9 Å². The fraction of sp³-hybridized carbons (Fsp3) is 0.333. The summed E-state index contributed by atoms with van der Waals surface area (Å²) in [4.78, 5) is 22.1. The smallest absolute Gasteiger partial charge is 0.331 e. The number of amides is 1. The first kappa shape index (κ1) is 15.6. The minimum absolute atomic E-state index is 0.0869. The first-order valence-corrected chi connectivity index (χ1v) is 6.29. The van der Waals surface area contributed by atoms with Crippen LogP contribution in [0.2, 0.25) is 0 Å². The van der Waals surface area contributed by atoms with Crippen LogP contribution in [-0.4, -0.2) is 30.1 Å². The SMILES string of the molecule is CCOC(=O)C(NC=O)C(O)c1cc(Br)ccc1F. The highest BCUT2D eigenvalue weighted by Crippen LogP contribution is 2.24. The van der Waals surface area contributed by atoms with Gasteiger partial charge in [-0.3, -0.25) is 4.79 Å². The third-order valence-electron chi connectivity index (χ3n) is 2.38. The molecule has 0 saturated heterocycles. The molecule has 19 heavy (non-hydrogen) atoms. The largest absolute Gasteiger partial charge is 0.464 e. The summed E-state index contributed by atoms with van der Waals surface area (Å²) in [5, 5.41) is 12.2. The number of hydrogen-bond donors (Lipinski definition) is 2. The quantitative estimate of drug-likeness (QED) is 0.607. The Balaban J connectivity index is 3.04. The lowest BCUT2D eigenvalue weighted by atomic mass is 10.0. The second kappa shape index (κ2) is 7.20. The normalized spacial score (nSPS) is 13.5. The van der Waals surface area contributed by atoms with Crippen LogP contribution in [0.1, 0.15) is 18.6 Å². The Hall–Kier alpha value is -1.47. The van der Waals surface area contributed by atoms with Crippen molar-refractivity contribution in [3.8, 4) is 0 Å². The predicted molar refractivity (Wildman–Crippen MR) is 68.7 cm³/mol. The molecule has 0 aliphatic rings. The number of nitrogens with one attached hydrogen (secondary N) is 1. The third-order valence-corrected chi connectivity index (χ3v) is 2.87. The van der Waals surface area contributed by atoms with Crippen molar-refractivity contribution < 1.29 is 23.8 Å². The maximum absolute atomic E-state index is 13.6. The summed E-state index contributed by atoms with van der Waals surface area (Å²) in [5.41, 5.74) is -0.109. The van der Waals surface area contributed by atoms with Gasteiger partial charge in [-0.1, -0.05) is 15.9 Å². The van der Waals surface area contributed by atoms with E-state index in [4.69, 9.17) is 4.74 Å². The van der Waals surface area contributed by atoms with Crippen LogP contribution in [0, 0.1) is 5.82 Å². The van der Waals surface area contributed by atoms with Crippen molar-refractivity contribution >= 4 is 28.3 Å². The molecule has 0 aromatic heterocycles. The molecule has 0 aliphatic heterocycles. The maximum atomic E-state index is 13.6. The second-order valence-corrected chi connectivity index (χ2v) is 4.54. The van der Waals surface area contributed by atoms with Gasteiger partial charge in [0.2, 0.25) is 6.41 Å². The molecule has 0 aliphatic carbocycles. The molecule has 2 unspecified atom stereocenters. The van der Waals surface area contributed by atoms with E-state index < -0.39 is 23.9 Å². The van der Waals surface area contributed by atoms with E-state index in [1.165, 1.54) is 12.1 Å². The van der Waals surface area contributed by atoms with E-state index in [9.17, 15) is 19.1 Å². The monoisotopic (exact) mass is 333 g/mol. The van der Waals surface area contributed by atoms with Crippen molar-refractivity contribution in [2.24, 2.45) is 0 Å². The van der Waals surface area contributed by atoms with E-state index in [2.05, 4.69) is 21.2 Å². The molecule has 0 fully saturated rings. The number of carbonyl (C=O) groups is 2. The van der Waals surface area contributed by atoms with Gasteiger partial charge in [-0.2, -0.15) is 0 Å². The highest BCUT2D eigenvalue weighted by Gasteiger charge is 2.30. The average molecular weight is 334 g/mol. The minimum Gasteiger partial charge on any atom is -0.464 e. The van der Waals surface area contributed by atoms with E-state index in [1.54, 1.807) is 6.92 Å². The number of carbonyl (C=O) groups excluding carboxylic acids is 2. The van der Waals surface area contributed by atoms with Crippen molar-refractivity contribution in [1.29, 1.82) is 0 Å². The molecule has 104 valence electrons. The molecule has 1 aromatic carbocycles. The number of ether oxygens (including phenoxy) is 1. The Bertz CT molecular complexity index is 469. The molecule has 7 heteroatoms. The Morgan fingerprint density at radius 1 is 1.63 bits per heavy atom. The minimum atomic E-state index is -1.54. The van der Waals surface area contributed by atoms with Gasteiger partial charge in [-0.15, -0.1) is 0 Å². The van der Waals surface area contributed by atoms with Gasteiger partial charge in [0.25, 0.3) is 0 Å². The topological polar surface area (TPSA) is 75.6 Å². The molecule has 0 saturated carbocycles. The number of benzene rings is 1. The standard InChI is InChI=1S/C12H13BrFNO4/c1-2-19-12(18)10(15-6-16)11(17)8-5-7(13)3-4-9(8)14/h3-6,10-11,17H,2H2,1H3,(H,15,16). The summed E-state index contributed by atoms with van der Waals surface area (Å²) in [6, 6.07) is 2.57. The first-order chi connectivity index (χ1) is 9.01. The Labute approximate surface area is 117 Å². The Morgan fingerprint density at radius 3 is 2.89 bits per heavy atom. The summed E-state index contributed by atoms with van der Waals surface area (Å²) in [7, 11) is 0. The molecule has 0 heterocycles. The zero-order valence-corrected chi connectivity index (χ0v) is 11.7. The lowest BCUT2D eigenvalue weighted by molar-refractivity contribution is -0.149. The highest BCUT2D eigenvalue weighted by molar-refractivity contribution is 9.10. The van der Waals surface area contributed by atoms with E-state index >= 15 is 0 Å². The molecule has 1 amide bonds. The summed E-state index contributed by atoms with van der Waals surface area (Å²) in [6.07, 6.45) is -1.29. The van der Waals surface area contributed by atoms with Gasteiger partial charge in [0.15, 0.2) is 6.04 Å². The van der Waals surface area contributed by atoms with Crippen LogP contribution in [0.3, 0.4) is 0 Å². The van der Waals surface area contributed by atoms with E-state index in [0.29, 0.717) is 4.47 Å². The van der Waals surface area contributed by atoms with Gasteiger partial charge < -0.3 is 15.2 Å². The molecule has 1 aromatic rings. The number of rotatable bonds is 6. The van der Waals surface area contributed by atoms with Crippen molar-refractivity contribution in [1.82, 2.24) is 5.32 Å². The van der Waals surface area contributed by atoms with Crippen molar-refractivity contribution in [2.45, 2.75) is 19.1 Å². The molecule has 0 radical (unpaired) electrons. The summed E-state index contributed by atoms with van der Waals surface area (Å²) in [5.74, 6) is -1.51. The summed E-state index contributed by atoms with van der Waals surface area (Å²) < 4.78 is 18.9. The van der Waals surface area contributed by atoms with Gasteiger partial charge in [0, 0.05) is 10.0 Å². The maximum Gasteiger partial charge on any atom is 0.331 e. The molecule has 2 atom stereocenters. The van der Waals surface area contributed by atoms with Crippen LogP contribution in [0.25, 0.3) is 0 Å². The van der Waals surface area contributed by atoms with E-state index in [0.717, 1.165) is 6.07 Å². The lowest BCUT2D eigenvalue weighted by Gasteiger charge is -2.21. The zero-order chi connectivity index (χ0) is 14.4. The molecular formula is C12H13BrFNO4. The van der Waals surface area contributed by atoms with E-state index in [-0.39, 0.29) is 18.6 Å². The number of aliphatic hydroxyl groups is 1. The van der Waals surface area contributed by atoms with Crippen molar-refractivity contribution in [3.05, 3.63) is 34.1 Å². The first-order valence-electron chi connectivity index (χ1n) is 5.50. The van der Waals surface area contributed by atoms with Crippen LogP contribution in [0.15, 0.2) is 22.7 Å². The number of aliphatic hydroxyl groups excluding tert-OH is 1. The second-order valence-electron chi connectivity index (χ2n) is 3.62. The van der Waals surface area contributed by atoms with Gasteiger partial charge >= 0.3 is 5.97 Å². The van der Waals surface area contributed by atoms with Crippen LogP contribution in [0.5, 0.6) is 0 Å². The average Bonchev–Trinajstić information content (AvgIpc) is 2.38. The number of hydrogen-bond acceptors (Lipinski definition) is 4. The van der Waals surface area contributed by atoms with Gasteiger partial charge in [-0.05, 0) is 25.1 Å². The molecule has 2 N–H and O–H groups in total. The van der Waals surface area contributed by atoms with Gasteiger partial charge in [0.1, 0.15) is 11.9 Å². The number of esters is 1. The van der Waals surface area contributed by atoms with Crippen molar-refractivity contribution in [2.75, 3.05) is 6.61 Å². The summed E-state index contributed by atoms with van der Waals surface area (Å²) in [6.45, 7) is 1.67. The third kappa shape index (κ3) is 4.00. The predicted octanol–water partition coefficient (Wildman–Crippen LogP) is 1.30. The van der Waals surface area contributed by atoms with E-state index in [1.807, 2.05) is 0 Å². The van der Waals surface area contributed by atoms with Crippen LogP contribution in [0.4, 0.5) is 4.39 Å². The van der Waals surface area contributed by atoms with Crippen LogP contribution < -0.4 is 5.32 Å². The molecule has 0 bridgehead atoms. The van der Waals surface area contributed by atoms with Crippen molar-refractivity contribution in [3.63, 3.8) is 0 Å². The summed E-state index contributed by atoms with van der Waals surface area (Å²) >= 11 is 3.14. The Kier molecular flexibility index (Phi) is 5.91. The fourth-order valence-corrected chi connectivity index (χ4v) is 1.89. The Morgan fingerprint density at radius 2 is 2.32 bits per heavy atom. The molecule has 0 spiro atoms. The fourth-order valence-electron chi connectivity index (χ4n) is 1.51. The molecule has 1 rings (SSSR count). The highest BCUT2D eigenvalue weighted by atomic mass is 79.9.